The molecule has 1 rings (SSSR count). The molecule has 0 fully saturated rings. The predicted molar refractivity (Wildman–Crippen MR) is 56.9 cm³/mol. The van der Waals surface area contributed by atoms with E-state index in [2.05, 4.69) is 20.4 Å². The number of hydrogen-bond acceptors (Lipinski definition) is 1. The second kappa shape index (κ2) is 4.13. The number of hydrogen-bond donors (Lipinski definition) is 0. The molecule has 0 bridgehead atoms. The number of allylic oxidation sites excluding steroid dienone is 1. The molecule has 0 unspecified atom stereocenters. The second-order valence-corrected chi connectivity index (χ2v) is 3.41. The quantitative estimate of drug-likeness (QED) is 0.686. The summed E-state index contributed by atoms with van der Waals surface area (Å²) in [5, 5.41) is 0. The van der Waals surface area contributed by atoms with Crippen LogP contribution in [0.25, 0.3) is 5.57 Å². The van der Waals surface area contributed by atoms with E-state index in [9.17, 15) is 0 Å². The maximum absolute atomic E-state index is 5.08. The number of rotatable bonds is 3. The first-order chi connectivity index (χ1) is 6.15. The minimum Gasteiger partial charge on any atom is -0.497 e. The van der Waals surface area contributed by atoms with Gasteiger partial charge in [-0.3, -0.25) is 0 Å². The molecule has 70 valence electrons. The van der Waals surface area contributed by atoms with Crippen LogP contribution < -0.4 is 4.74 Å². The minimum absolute atomic E-state index is 0.494. The lowest BCUT2D eigenvalue weighted by atomic mass is 9.97. The zero-order chi connectivity index (χ0) is 9.84. The molecule has 0 heterocycles. The number of ether oxygens (including phenoxy) is 1. The summed E-state index contributed by atoms with van der Waals surface area (Å²) < 4.78 is 5.08. The van der Waals surface area contributed by atoms with Crippen molar-refractivity contribution in [3.05, 3.63) is 36.4 Å². The van der Waals surface area contributed by atoms with Gasteiger partial charge in [-0.25, -0.2) is 0 Å². The molecule has 0 radical (unpaired) electrons. The van der Waals surface area contributed by atoms with Crippen LogP contribution in [-0.2, 0) is 0 Å². The molecule has 0 aliphatic carbocycles. The predicted octanol–water partition coefficient (Wildman–Crippen LogP) is 3.36. The fourth-order valence-corrected chi connectivity index (χ4v) is 1.14. The molecule has 0 saturated carbocycles. The fraction of sp³-hybridized carbons (Fsp3) is 0.333. The summed E-state index contributed by atoms with van der Waals surface area (Å²) in [7, 11) is 1.67. The normalized spacial score (nSPS) is 10.2. The Morgan fingerprint density at radius 3 is 2.15 bits per heavy atom. The molecule has 0 N–H and O–H groups in total. The van der Waals surface area contributed by atoms with Gasteiger partial charge in [0.2, 0.25) is 0 Å². The van der Waals surface area contributed by atoms with Crippen molar-refractivity contribution in [1.29, 1.82) is 0 Å². The number of benzene rings is 1. The molecular weight excluding hydrogens is 160 g/mol. The van der Waals surface area contributed by atoms with E-state index in [-0.39, 0.29) is 0 Å². The van der Waals surface area contributed by atoms with Gasteiger partial charge in [-0.05, 0) is 29.2 Å². The molecule has 0 amide bonds. The Bertz CT molecular complexity index is 282. The third kappa shape index (κ3) is 2.35. The highest BCUT2D eigenvalue weighted by Crippen LogP contribution is 2.22. The maximum Gasteiger partial charge on any atom is 0.118 e. The van der Waals surface area contributed by atoms with Gasteiger partial charge in [0.15, 0.2) is 0 Å². The molecule has 1 nitrogen and oxygen atoms in total. The summed E-state index contributed by atoms with van der Waals surface area (Å²) in [6.45, 7) is 8.33. The Balaban J connectivity index is 2.86. The summed E-state index contributed by atoms with van der Waals surface area (Å²) >= 11 is 0. The topological polar surface area (TPSA) is 9.23 Å². The summed E-state index contributed by atoms with van der Waals surface area (Å²) in [6, 6.07) is 8.01. The van der Waals surface area contributed by atoms with Gasteiger partial charge in [-0.15, -0.1) is 0 Å². The summed E-state index contributed by atoms with van der Waals surface area (Å²) in [6.07, 6.45) is 0. The van der Waals surface area contributed by atoms with E-state index >= 15 is 0 Å². The zero-order valence-corrected chi connectivity index (χ0v) is 8.50. The first-order valence-electron chi connectivity index (χ1n) is 4.48. The lowest BCUT2D eigenvalue weighted by Crippen LogP contribution is -1.91. The number of methoxy groups -OCH3 is 1. The molecule has 0 spiro atoms. The van der Waals surface area contributed by atoms with Gasteiger partial charge in [-0.1, -0.05) is 32.6 Å². The van der Waals surface area contributed by atoms with Crippen molar-refractivity contribution in [3.63, 3.8) is 0 Å². The second-order valence-electron chi connectivity index (χ2n) is 3.41. The van der Waals surface area contributed by atoms with E-state index in [1.54, 1.807) is 7.11 Å². The molecule has 0 aromatic heterocycles. The first kappa shape index (κ1) is 9.85. The Morgan fingerprint density at radius 2 is 1.77 bits per heavy atom. The minimum atomic E-state index is 0.494. The molecule has 0 atom stereocenters. The van der Waals surface area contributed by atoms with Crippen LogP contribution in [0, 0.1) is 5.92 Å². The Morgan fingerprint density at radius 1 is 1.23 bits per heavy atom. The fourth-order valence-electron chi connectivity index (χ4n) is 1.14. The molecule has 13 heavy (non-hydrogen) atoms. The highest BCUT2D eigenvalue weighted by atomic mass is 16.5. The van der Waals surface area contributed by atoms with E-state index in [1.807, 2.05) is 24.3 Å². The van der Waals surface area contributed by atoms with E-state index in [0.29, 0.717) is 5.92 Å². The van der Waals surface area contributed by atoms with E-state index in [0.717, 1.165) is 5.75 Å². The standard InChI is InChI=1S/C12H16O/c1-9(2)10(3)11-5-7-12(13-4)8-6-11/h5-9H,3H2,1-2,4H3. The maximum atomic E-state index is 5.08. The summed E-state index contributed by atoms with van der Waals surface area (Å²) in [4.78, 5) is 0. The van der Waals surface area contributed by atoms with E-state index < -0.39 is 0 Å². The van der Waals surface area contributed by atoms with Crippen LogP contribution in [0.5, 0.6) is 5.75 Å². The van der Waals surface area contributed by atoms with Crippen LogP contribution in [0.2, 0.25) is 0 Å². The van der Waals surface area contributed by atoms with Crippen molar-refractivity contribution >= 4 is 5.57 Å². The summed E-state index contributed by atoms with van der Waals surface area (Å²) in [5.41, 5.74) is 2.36. The van der Waals surface area contributed by atoms with Gasteiger partial charge in [-0.2, -0.15) is 0 Å². The van der Waals surface area contributed by atoms with Crippen LogP contribution in [0.1, 0.15) is 19.4 Å². The first-order valence-corrected chi connectivity index (χ1v) is 4.48. The Kier molecular flexibility index (Phi) is 3.13. The largest absolute Gasteiger partial charge is 0.497 e. The third-order valence-electron chi connectivity index (χ3n) is 2.16. The molecule has 1 aromatic carbocycles. The van der Waals surface area contributed by atoms with Crippen LogP contribution in [0.15, 0.2) is 30.8 Å². The highest BCUT2D eigenvalue weighted by Gasteiger charge is 2.02. The average Bonchev–Trinajstić information content (AvgIpc) is 2.17. The van der Waals surface area contributed by atoms with E-state index in [1.165, 1.54) is 11.1 Å². The molecule has 1 heteroatoms. The van der Waals surface area contributed by atoms with Crippen molar-refractivity contribution in [2.24, 2.45) is 5.92 Å². The average molecular weight is 176 g/mol. The van der Waals surface area contributed by atoms with Gasteiger partial charge in [0.1, 0.15) is 5.75 Å². The Hall–Kier alpha value is -1.24. The van der Waals surface area contributed by atoms with Crippen LogP contribution in [0.3, 0.4) is 0 Å². The summed E-state index contributed by atoms with van der Waals surface area (Å²) in [5.74, 6) is 1.38. The van der Waals surface area contributed by atoms with Gasteiger partial charge in [0.05, 0.1) is 7.11 Å². The molecule has 0 saturated heterocycles. The van der Waals surface area contributed by atoms with Crippen LogP contribution in [-0.4, -0.2) is 7.11 Å². The van der Waals surface area contributed by atoms with Gasteiger partial charge in [0.25, 0.3) is 0 Å². The van der Waals surface area contributed by atoms with Crippen LogP contribution >= 0.6 is 0 Å². The molecular formula is C12H16O. The Labute approximate surface area is 80.0 Å². The monoisotopic (exact) mass is 176 g/mol. The van der Waals surface area contributed by atoms with Crippen molar-refractivity contribution in [3.8, 4) is 5.75 Å². The highest BCUT2D eigenvalue weighted by molar-refractivity contribution is 5.65. The van der Waals surface area contributed by atoms with Crippen molar-refractivity contribution in [2.75, 3.05) is 7.11 Å². The third-order valence-corrected chi connectivity index (χ3v) is 2.16. The van der Waals surface area contributed by atoms with Crippen molar-refractivity contribution in [1.82, 2.24) is 0 Å². The molecule has 1 aromatic rings. The van der Waals surface area contributed by atoms with Crippen LogP contribution in [0.4, 0.5) is 0 Å². The smallest absolute Gasteiger partial charge is 0.118 e. The van der Waals surface area contributed by atoms with Gasteiger partial charge in [0, 0.05) is 0 Å². The van der Waals surface area contributed by atoms with Gasteiger partial charge < -0.3 is 4.74 Å². The molecule has 0 aliphatic rings. The molecule has 0 aliphatic heterocycles. The van der Waals surface area contributed by atoms with Crippen molar-refractivity contribution < 1.29 is 4.74 Å². The van der Waals surface area contributed by atoms with Gasteiger partial charge >= 0.3 is 0 Å². The lowest BCUT2D eigenvalue weighted by Gasteiger charge is -2.09. The SMILES string of the molecule is C=C(c1ccc(OC)cc1)C(C)C. The van der Waals surface area contributed by atoms with Crippen molar-refractivity contribution in [2.45, 2.75) is 13.8 Å². The van der Waals surface area contributed by atoms with E-state index in [4.69, 9.17) is 4.74 Å². The lowest BCUT2D eigenvalue weighted by molar-refractivity contribution is 0.415. The zero-order valence-electron chi connectivity index (χ0n) is 8.50.